The molecule has 3 N–H and O–H groups in total. The maximum absolute atomic E-state index is 9.18. The van der Waals surface area contributed by atoms with E-state index in [1.807, 2.05) is 29.8 Å². The van der Waals surface area contributed by atoms with Crippen LogP contribution in [0, 0.1) is 6.92 Å². The van der Waals surface area contributed by atoms with Crippen molar-refractivity contribution in [3.05, 3.63) is 54.4 Å². The van der Waals surface area contributed by atoms with Crippen LogP contribution < -0.4 is 10.6 Å². The van der Waals surface area contributed by atoms with Crippen molar-refractivity contribution in [3.8, 4) is 11.1 Å². The van der Waals surface area contributed by atoms with E-state index in [-0.39, 0.29) is 6.61 Å². The molecule has 1 aliphatic heterocycles. The van der Waals surface area contributed by atoms with Crippen molar-refractivity contribution in [1.29, 1.82) is 0 Å². The largest absolute Gasteiger partial charge is 0.394 e. The van der Waals surface area contributed by atoms with Crippen molar-refractivity contribution in [2.45, 2.75) is 19.9 Å². The molecule has 0 saturated carbocycles. The molecule has 8 heteroatoms. The van der Waals surface area contributed by atoms with E-state index in [0.29, 0.717) is 6.54 Å². The monoisotopic (exact) mass is 375 g/mol. The number of nitrogens with one attached hydrogen (secondary N) is 2. The van der Waals surface area contributed by atoms with Gasteiger partial charge in [-0.05, 0) is 19.1 Å². The molecule has 28 heavy (non-hydrogen) atoms. The van der Waals surface area contributed by atoms with Gasteiger partial charge in [0.05, 0.1) is 30.2 Å². The van der Waals surface area contributed by atoms with Crippen LogP contribution in [-0.4, -0.2) is 42.4 Å². The van der Waals surface area contributed by atoms with Gasteiger partial charge in [-0.25, -0.2) is 4.98 Å². The standard InChI is InChI=1S/C20H21N7O/c1-13-8-19(25-27(13)6-7-28)24-18-10-15(12-26-5-4-22-20(18)26)14-9-17-16(23-11-14)2-3-21-17/h4-5,8-12,21,28H,2-3,6-7H2,1H3,(H,24,25). The summed E-state index contributed by atoms with van der Waals surface area (Å²) in [5, 5.41) is 20.5. The Hall–Kier alpha value is -3.39. The van der Waals surface area contributed by atoms with E-state index >= 15 is 0 Å². The van der Waals surface area contributed by atoms with Crippen LogP contribution >= 0.6 is 0 Å². The predicted molar refractivity (Wildman–Crippen MR) is 108 cm³/mol. The number of anilines is 3. The van der Waals surface area contributed by atoms with Gasteiger partial charge in [0.2, 0.25) is 0 Å². The number of pyridine rings is 2. The minimum atomic E-state index is 0.0569. The molecule has 0 radical (unpaired) electrons. The summed E-state index contributed by atoms with van der Waals surface area (Å²) in [5.74, 6) is 0.724. The molecule has 0 spiro atoms. The number of hydrogen-bond donors (Lipinski definition) is 3. The second-order valence-corrected chi connectivity index (χ2v) is 6.94. The molecular weight excluding hydrogens is 354 g/mol. The molecule has 5 heterocycles. The molecule has 1 aliphatic rings. The van der Waals surface area contributed by atoms with Gasteiger partial charge in [-0.1, -0.05) is 0 Å². The summed E-state index contributed by atoms with van der Waals surface area (Å²) in [5.41, 5.74) is 7.00. The molecule has 0 bridgehead atoms. The Labute approximate surface area is 161 Å². The lowest BCUT2D eigenvalue weighted by atomic mass is 10.1. The molecule has 4 aromatic heterocycles. The molecule has 0 saturated heterocycles. The molecule has 0 fully saturated rings. The molecule has 4 aromatic rings. The molecule has 0 atom stereocenters. The van der Waals surface area contributed by atoms with Gasteiger partial charge < -0.3 is 20.1 Å². The van der Waals surface area contributed by atoms with E-state index in [2.05, 4.69) is 44.0 Å². The first-order valence-corrected chi connectivity index (χ1v) is 9.33. The second-order valence-electron chi connectivity index (χ2n) is 6.94. The lowest BCUT2D eigenvalue weighted by Crippen LogP contribution is -2.06. The highest BCUT2D eigenvalue weighted by Gasteiger charge is 2.14. The number of hydrogen-bond acceptors (Lipinski definition) is 6. The average molecular weight is 375 g/mol. The smallest absolute Gasteiger partial charge is 0.160 e. The van der Waals surface area contributed by atoms with E-state index in [1.165, 1.54) is 0 Å². The quantitative estimate of drug-likeness (QED) is 0.497. The van der Waals surface area contributed by atoms with Gasteiger partial charge in [-0.15, -0.1) is 0 Å². The van der Waals surface area contributed by atoms with Crippen LogP contribution in [0.4, 0.5) is 17.2 Å². The number of rotatable bonds is 5. The van der Waals surface area contributed by atoms with Crippen LogP contribution in [-0.2, 0) is 13.0 Å². The fourth-order valence-electron chi connectivity index (χ4n) is 3.63. The Morgan fingerprint density at radius 3 is 3.04 bits per heavy atom. The molecule has 0 amide bonds. The summed E-state index contributed by atoms with van der Waals surface area (Å²) >= 11 is 0. The highest BCUT2D eigenvalue weighted by Crippen LogP contribution is 2.31. The zero-order valence-corrected chi connectivity index (χ0v) is 15.6. The van der Waals surface area contributed by atoms with E-state index in [1.54, 1.807) is 10.9 Å². The van der Waals surface area contributed by atoms with Crippen molar-refractivity contribution in [1.82, 2.24) is 24.1 Å². The molecule has 8 nitrogen and oxygen atoms in total. The normalized spacial score (nSPS) is 12.9. The Morgan fingerprint density at radius 1 is 1.21 bits per heavy atom. The summed E-state index contributed by atoms with van der Waals surface area (Å²) in [4.78, 5) is 9.08. The molecular formula is C20H21N7O. The first-order chi connectivity index (χ1) is 13.7. The Bertz CT molecular complexity index is 1160. The SMILES string of the molecule is Cc1cc(Nc2cc(-c3cnc4c(c3)NCC4)cn3ccnc23)nn1CCO. The number of aliphatic hydroxyl groups excluding tert-OH is 1. The van der Waals surface area contributed by atoms with Gasteiger partial charge in [0.15, 0.2) is 11.5 Å². The van der Waals surface area contributed by atoms with Crippen LogP contribution in [0.15, 0.2) is 43.0 Å². The highest BCUT2D eigenvalue weighted by atomic mass is 16.3. The van der Waals surface area contributed by atoms with E-state index in [0.717, 1.165) is 58.3 Å². The zero-order valence-electron chi connectivity index (χ0n) is 15.6. The van der Waals surface area contributed by atoms with Crippen molar-refractivity contribution in [3.63, 3.8) is 0 Å². The summed E-state index contributed by atoms with van der Waals surface area (Å²) < 4.78 is 3.78. The minimum Gasteiger partial charge on any atom is -0.394 e. The number of aliphatic hydroxyl groups is 1. The maximum Gasteiger partial charge on any atom is 0.160 e. The fraction of sp³-hybridized carbons (Fsp3) is 0.250. The lowest BCUT2D eigenvalue weighted by Gasteiger charge is -2.10. The topological polar surface area (TPSA) is 92.3 Å². The van der Waals surface area contributed by atoms with Crippen LogP contribution in [0.25, 0.3) is 16.8 Å². The van der Waals surface area contributed by atoms with Gasteiger partial charge in [-0.2, -0.15) is 5.10 Å². The van der Waals surface area contributed by atoms with E-state index in [4.69, 9.17) is 0 Å². The van der Waals surface area contributed by atoms with E-state index in [9.17, 15) is 5.11 Å². The van der Waals surface area contributed by atoms with Crippen molar-refractivity contribution >= 4 is 22.8 Å². The summed E-state index contributed by atoms with van der Waals surface area (Å²) in [6, 6.07) is 6.18. The van der Waals surface area contributed by atoms with Crippen LogP contribution in [0.3, 0.4) is 0 Å². The summed E-state index contributed by atoms with van der Waals surface area (Å²) in [6.45, 7) is 3.44. The van der Waals surface area contributed by atoms with Gasteiger partial charge >= 0.3 is 0 Å². The van der Waals surface area contributed by atoms with Gasteiger partial charge in [-0.3, -0.25) is 9.67 Å². The summed E-state index contributed by atoms with van der Waals surface area (Å²) in [6.07, 6.45) is 8.66. The molecule has 0 aromatic carbocycles. The second kappa shape index (κ2) is 6.65. The number of imidazole rings is 1. The Kier molecular flexibility index (Phi) is 3.98. The number of nitrogens with zero attached hydrogens (tertiary/aromatic N) is 5. The van der Waals surface area contributed by atoms with Gasteiger partial charge in [0.1, 0.15) is 0 Å². The van der Waals surface area contributed by atoms with Gasteiger partial charge in [0.25, 0.3) is 0 Å². The molecule has 5 rings (SSSR count). The number of aryl methyl sites for hydroxylation is 1. The average Bonchev–Trinajstić information content (AvgIpc) is 3.41. The van der Waals surface area contributed by atoms with Crippen molar-refractivity contribution in [2.75, 3.05) is 23.8 Å². The Morgan fingerprint density at radius 2 is 2.14 bits per heavy atom. The first-order valence-electron chi connectivity index (χ1n) is 9.33. The number of fused-ring (bicyclic) bond motifs is 2. The fourth-order valence-corrected chi connectivity index (χ4v) is 3.63. The number of aromatic nitrogens is 5. The predicted octanol–water partition coefficient (Wildman–Crippen LogP) is 2.61. The minimum absolute atomic E-state index is 0.0569. The lowest BCUT2D eigenvalue weighted by molar-refractivity contribution is 0.268. The Balaban J connectivity index is 1.55. The third kappa shape index (κ3) is 2.87. The van der Waals surface area contributed by atoms with Crippen LogP contribution in [0.1, 0.15) is 11.4 Å². The molecule has 142 valence electrons. The van der Waals surface area contributed by atoms with Gasteiger partial charge in [0, 0.05) is 60.6 Å². The van der Waals surface area contributed by atoms with Crippen molar-refractivity contribution in [2.24, 2.45) is 0 Å². The molecule has 0 unspecified atom stereocenters. The third-order valence-corrected chi connectivity index (χ3v) is 5.02. The summed E-state index contributed by atoms with van der Waals surface area (Å²) in [7, 11) is 0. The van der Waals surface area contributed by atoms with Crippen molar-refractivity contribution < 1.29 is 5.11 Å². The van der Waals surface area contributed by atoms with Crippen LogP contribution in [0.5, 0.6) is 0 Å². The highest BCUT2D eigenvalue weighted by molar-refractivity contribution is 5.80. The molecule has 0 aliphatic carbocycles. The first kappa shape index (κ1) is 16.8. The van der Waals surface area contributed by atoms with Crippen LogP contribution in [0.2, 0.25) is 0 Å². The third-order valence-electron chi connectivity index (χ3n) is 5.02. The maximum atomic E-state index is 9.18. The zero-order chi connectivity index (χ0) is 19.1. The van der Waals surface area contributed by atoms with E-state index < -0.39 is 0 Å².